The Morgan fingerprint density at radius 3 is 1.69 bits per heavy atom. The maximum atomic E-state index is 14.1. The molecule has 0 bridgehead atoms. The van der Waals surface area contributed by atoms with Gasteiger partial charge >= 0.3 is 0 Å². The van der Waals surface area contributed by atoms with E-state index in [9.17, 15) is 38.7 Å². The van der Waals surface area contributed by atoms with Gasteiger partial charge in [-0.05, 0) is 90.8 Å². The number of nitrogens with zero attached hydrogens (tertiary/aromatic N) is 5. The first kappa shape index (κ1) is 56.9. The lowest BCUT2D eigenvalue weighted by Crippen LogP contribution is -2.56. The van der Waals surface area contributed by atoms with Crippen molar-refractivity contribution in [2.24, 2.45) is 21.3 Å². The molecule has 5 heterocycles. The molecule has 7 amide bonds. The molecule has 3 atom stereocenters. The molecule has 1 aliphatic carbocycles. The lowest BCUT2D eigenvalue weighted by Gasteiger charge is -2.38. The number of likely N-dealkylation sites (tertiary alicyclic amines) is 1. The quantitative estimate of drug-likeness (QED) is 0.0351. The molecule has 5 aliphatic heterocycles. The SMILES string of the molecule is CC.COc1cc2c(cc1OCCCOc1cc3c(cc1OC)C(=O)N1C=C(c4ccc(NC(=O)CNC(=O)C5(C(=O)NCCCCCN6C(=O)CC(C)C6=O)CCC5)cc4)CC1C=N3)N=CC1CC(c3ccc(O)cc3)=CN1C2=O. The number of phenols is 1. The summed E-state index contributed by atoms with van der Waals surface area (Å²) in [6.45, 7) is 6.64. The van der Waals surface area contributed by atoms with Gasteiger partial charge in [-0.25, -0.2) is 0 Å². The van der Waals surface area contributed by atoms with Crippen LogP contribution in [0.1, 0.15) is 117 Å². The first-order chi connectivity index (χ1) is 39.2. The summed E-state index contributed by atoms with van der Waals surface area (Å²) in [5.41, 5.74) is 4.54. The normalized spacial score (nSPS) is 19.1. The molecule has 1 saturated heterocycles. The highest BCUT2D eigenvalue weighted by Crippen LogP contribution is 2.43. The third kappa shape index (κ3) is 12.2. The smallest absolute Gasteiger partial charge is 0.260 e. The van der Waals surface area contributed by atoms with E-state index >= 15 is 0 Å². The molecule has 0 spiro atoms. The number of methoxy groups -OCH3 is 2. The maximum absolute atomic E-state index is 14.1. The number of phenolic OH excluding ortho intramolecular Hbond substituents is 1. The number of rotatable bonds is 21. The molecule has 0 aromatic heterocycles. The van der Waals surface area contributed by atoms with Crippen LogP contribution < -0.4 is 34.9 Å². The lowest BCUT2D eigenvalue weighted by molar-refractivity contribution is -0.150. The molecule has 1 saturated carbocycles. The third-order valence-corrected chi connectivity index (χ3v) is 15.3. The van der Waals surface area contributed by atoms with Crippen LogP contribution in [0.25, 0.3) is 11.1 Å². The van der Waals surface area contributed by atoms with Crippen LogP contribution in [0.4, 0.5) is 17.1 Å². The monoisotopic (exact) mass is 1100 g/mol. The third-order valence-electron chi connectivity index (χ3n) is 15.3. The lowest BCUT2D eigenvalue weighted by atomic mass is 9.67. The topological polar surface area (TPSA) is 247 Å². The Morgan fingerprint density at radius 2 is 1.20 bits per heavy atom. The number of unbranched alkanes of at least 4 members (excludes halogenated alkanes) is 2. The minimum atomic E-state index is -1.23. The first-order valence-electron chi connectivity index (χ1n) is 27.7. The molecule has 4 N–H and O–H groups in total. The standard InChI is InChI=1S/C59H62N8O12.C2H6/c1-35-23-53(70)65(54(35)71)20-6-4-5-19-60-57(74)59(17-7-18-59)58(75)63-32-52(69)64-40-13-9-36(10-14-40)38-24-41-30-61-46-28-50(48(76-2)26-44(46)55(72)66(41)33-38)78-21-8-22-79-51-29-47-45(27-49(51)77-3)56(73)67-34-39(25-42(67)31-62-47)37-11-15-43(68)16-12-37;1-2/h9-16,26-31,33-35,41-42,68H,4-8,17-25,32H2,1-3H3,(H,60,74)(H,63,75)(H,64,69);1-2H3. The van der Waals surface area contributed by atoms with Crippen molar-refractivity contribution in [2.75, 3.05) is 52.4 Å². The second kappa shape index (κ2) is 25.1. The number of fused-ring (bicyclic) bond motifs is 4. The van der Waals surface area contributed by atoms with E-state index in [1.54, 1.807) is 77.7 Å². The molecular weight excluding hydrogens is 1040 g/mol. The van der Waals surface area contributed by atoms with Crippen molar-refractivity contribution >= 4 is 82.0 Å². The minimum Gasteiger partial charge on any atom is -0.508 e. The molecule has 20 heteroatoms. The summed E-state index contributed by atoms with van der Waals surface area (Å²) in [5, 5.41) is 18.0. The minimum absolute atomic E-state index is 0.137. The largest absolute Gasteiger partial charge is 0.508 e. The number of benzene rings is 4. The predicted octanol–water partition coefficient (Wildman–Crippen LogP) is 8.13. The summed E-state index contributed by atoms with van der Waals surface area (Å²) in [5.74, 6) is -0.589. The predicted molar refractivity (Wildman–Crippen MR) is 304 cm³/mol. The van der Waals surface area contributed by atoms with Crippen LogP contribution in [0.5, 0.6) is 28.7 Å². The number of imide groups is 1. The van der Waals surface area contributed by atoms with E-state index in [4.69, 9.17) is 23.9 Å². The average molecular weight is 1110 g/mol. The summed E-state index contributed by atoms with van der Waals surface area (Å²) >= 11 is 0. The van der Waals surface area contributed by atoms with Crippen LogP contribution in [0, 0.1) is 11.3 Å². The molecule has 424 valence electrons. The summed E-state index contributed by atoms with van der Waals surface area (Å²) in [4.78, 5) is 105. The van der Waals surface area contributed by atoms with E-state index in [2.05, 4.69) is 20.9 Å². The number of nitrogens with one attached hydrogen (secondary N) is 3. The van der Waals surface area contributed by atoms with Gasteiger partial charge in [0.05, 0.1) is 68.6 Å². The van der Waals surface area contributed by atoms with Gasteiger partial charge in [-0.3, -0.25) is 48.4 Å². The fourth-order valence-corrected chi connectivity index (χ4v) is 10.7. The number of ether oxygens (including phenoxy) is 4. The summed E-state index contributed by atoms with van der Waals surface area (Å²) < 4.78 is 23.6. The van der Waals surface area contributed by atoms with E-state index in [-0.39, 0.29) is 79.5 Å². The van der Waals surface area contributed by atoms with E-state index in [0.29, 0.717) is 116 Å². The number of hydrogen-bond donors (Lipinski definition) is 4. The molecule has 10 rings (SSSR count). The van der Waals surface area contributed by atoms with Crippen LogP contribution in [0.3, 0.4) is 0 Å². The molecule has 20 nitrogen and oxygen atoms in total. The highest BCUT2D eigenvalue weighted by Gasteiger charge is 2.50. The van der Waals surface area contributed by atoms with Gasteiger partial charge in [0.2, 0.25) is 29.5 Å². The summed E-state index contributed by atoms with van der Waals surface area (Å²) in [6, 6.07) is 20.1. The second-order valence-electron chi connectivity index (χ2n) is 20.5. The van der Waals surface area contributed by atoms with Gasteiger partial charge in [-0.15, -0.1) is 0 Å². The number of carbonyl (C=O) groups excluding carboxylic acids is 7. The zero-order chi connectivity index (χ0) is 57.4. The summed E-state index contributed by atoms with van der Waals surface area (Å²) in [6.07, 6.45) is 12.4. The molecule has 0 radical (unpaired) electrons. The van der Waals surface area contributed by atoms with Crippen molar-refractivity contribution in [3.8, 4) is 28.7 Å². The van der Waals surface area contributed by atoms with Gasteiger partial charge < -0.3 is 49.8 Å². The van der Waals surface area contributed by atoms with E-state index in [1.165, 1.54) is 19.1 Å². The Kier molecular flexibility index (Phi) is 17.6. The number of aliphatic imine (C=N–C) groups is 2. The van der Waals surface area contributed by atoms with Crippen molar-refractivity contribution in [2.45, 2.75) is 97.1 Å². The highest BCUT2D eigenvalue weighted by molar-refractivity contribution is 6.08. The molecule has 2 fully saturated rings. The molecule has 4 aromatic rings. The van der Waals surface area contributed by atoms with Gasteiger partial charge in [0.15, 0.2) is 23.0 Å². The number of aromatic hydroxyl groups is 1. The van der Waals surface area contributed by atoms with Gasteiger partial charge in [0.25, 0.3) is 11.8 Å². The Labute approximate surface area is 470 Å². The van der Waals surface area contributed by atoms with Crippen LogP contribution >= 0.6 is 0 Å². The van der Waals surface area contributed by atoms with E-state index < -0.39 is 17.2 Å². The second-order valence-corrected chi connectivity index (χ2v) is 20.5. The van der Waals surface area contributed by atoms with Crippen LogP contribution in [0.2, 0.25) is 0 Å². The highest BCUT2D eigenvalue weighted by atomic mass is 16.5. The zero-order valence-electron chi connectivity index (χ0n) is 46.3. The Hall–Kier alpha value is -8.81. The van der Waals surface area contributed by atoms with Crippen molar-refractivity contribution in [3.05, 3.63) is 107 Å². The van der Waals surface area contributed by atoms with Gasteiger partial charge in [0, 0.05) is 87.3 Å². The van der Waals surface area contributed by atoms with Crippen LogP contribution in [-0.2, 0) is 24.0 Å². The van der Waals surface area contributed by atoms with Crippen molar-refractivity contribution in [3.63, 3.8) is 0 Å². The Balaban J connectivity index is 0.00000392. The zero-order valence-corrected chi connectivity index (χ0v) is 46.3. The van der Waals surface area contributed by atoms with E-state index in [0.717, 1.165) is 28.7 Å². The number of hydrogen-bond acceptors (Lipinski definition) is 14. The molecular formula is C61H68N8O12. The number of anilines is 1. The number of carbonyl (C=O) groups is 7. The average Bonchev–Trinajstić information content (AvgIpc) is 4.32. The Morgan fingerprint density at radius 1 is 0.667 bits per heavy atom. The van der Waals surface area contributed by atoms with Gasteiger partial charge in [-0.2, -0.15) is 0 Å². The van der Waals surface area contributed by atoms with Gasteiger partial charge in [0.1, 0.15) is 11.2 Å². The molecule has 6 aliphatic rings. The number of amides is 7. The maximum Gasteiger partial charge on any atom is 0.260 e. The van der Waals surface area contributed by atoms with E-state index in [1.807, 2.05) is 50.5 Å². The fraction of sp³-hybridized carbons (Fsp3) is 0.393. The van der Waals surface area contributed by atoms with Crippen LogP contribution in [-0.4, -0.2) is 133 Å². The molecule has 81 heavy (non-hydrogen) atoms. The van der Waals surface area contributed by atoms with Crippen molar-refractivity contribution in [1.82, 2.24) is 25.3 Å². The Bertz CT molecular complexity index is 3220. The first-order valence-corrected chi connectivity index (χ1v) is 27.7. The van der Waals surface area contributed by atoms with Crippen molar-refractivity contribution < 1.29 is 57.6 Å². The fourth-order valence-electron chi connectivity index (χ4n) is 10.7. The molecule has 3 unspecified atom stereocenters. The van der Waals surface area contributed by atoms with Gasteiger partial charge in [-0.1, -0.05) is 51.5 Å². The van der Waals surface area contributed by atoms with Crippen molar-refractivity contribution in [1.29, 1.82) is 0 Å². The summed E-state index contributed by atoms with van der Waals surface area (Å²) in [7, 11) is 3.01. The van der Waals surface area contributed by atoms with Crippen LogP contribution in [0.15, 0.2) is 95.2 Å². The molecule has 4 aromatic carbocycles.